The molecule has 0 aromatic carbocycles. The van der Waals surface area contributed by atoms with Crippen LogP contribution < -0.4 is 0 Å². The van der Waals surface area contributed by atoms with Gasteiger partial charge in [-0.15, -0.1) is 0 Å². The van der Waals surface area contributed by atoms with E-state index in [1.54, 1.807) is 27.7 Å². The molecule has 0 rings (SSSR count). The molecule has 72 valence electrons. The summed E-state index contributed by atoms with van der Waals surface area (Å²) in [6.07, 6.45) is -1.05. The predicted molar refractivity (Wildman–Crippen MR) is 42.9 cm³/mol. The lowest BCUT2D eigenvalue weighted by Gasteiger charge is -2.13. The van der Waals surface area contributed by atoms with E-state index in [0.717, 1.165) is 0 Å². The summed E-state index contributed by atoms with van der Waals surface area (Å²) in [5.41, 5.74) is 0. The molecule has 4 nitrogen and oxygen atoms in total. The summed E-state index contributed by atoms with van der Waals surface area (Å²) in [6.45, 7) is 6.89. The smallest absolute Gasteiger partial charge is 0.344 e. The van der Waals surface area contributed by atoms with E-state index >= 15 is 0 Å². The molecule has 0 saturated heterocycles. The zero-order valence-corrected chi connectivity index (χ0v) is 7.90. The highest BCUT2D eigenvalue weighted by Gasteiger charge is 2.15. The Hall–Kier alpha value is -0.610. The Morgan fingerprint density at radius 2 is 1.75 bits per heavy atom. The molecule has 4 heteroatoms. The minimum Gasteiger partial charge on any atom is -0.365 e. The maximum atomic E-state index is 10.8. The molecule has 0 aliphatic rings. The quantitative estimate of drug-likeness (QED) is 0.396. The van der Waals surface area contributed by atoms with Gasteiger partial charge in [0, 0.05) is 5.92 Å². The van der Waals surface area contributed by atoms with Crippen LogP contribution >= 0.6 is 0 Å². The Balaban J connectivity index is 3.61. The van der Waals surface area contributed by atoms with Gasteiger partial charge in [0.2, 0.25) is 6.29 Å². The minimum absolute atomic E-state index is 0.0926. The molecule has 0 radical (unpaired) electrons. The van der Waals surface area contributed by atoms with E-state index in [1.807, 2.05) is 0 Å². The van der Waals surface area contributed by atoms with Crippen LogP contribution in [-0.4, -0.2) is 17.4 Å². The third-order valence-corrected chi connectivity index (χ3v) is 1.27. The fourth-order valence-electron chi connectivity index (χ4n) is 0.304. The van der Waals surface area contributed by atoms with Crippen LogP contribution in [0, 0.1) is 11.8 Å². The summed E-state index contributed by atoms with van der Waals surface area (Å²) >= 11 is 0. The van der Waals surface area contributed by atoms with Crippen molar-refractivity contribution in [2.45, 2.75) is 34.0 Å². The second-order valence-corrected chi connectivity index (χ2v) is 3.29. The molecule has 1 N–H and O–H groups in total. The molecule has 0 aromatic heterocycles. The van der Waals surface area contributed by atoms with Gasteiger partial charge in [0.05, 0.1) is 5.92 Å². The average Bonchev–Trinajstić information content (AvgIpc) is 1.98. The van der Waals surface area contributed by atoms with Gasteiger partial charge in [0.1, 0.15) is 0 Å². The summed E-state index contributed by atoms with van der Waals surface area (Å²) in [6, 6.07) is 0. The molecule has 0 saturated carbocycles. The first kappa shape index (κ1) is 11.4. The van der Waals surface area contributed by atoms with Crippen LogP contribution in [-0.2, 0) is 14.6 Å². The summed E-state index contributed by atoms with van der Waals surface area (Å²) in [5, 5.41) is 9.06. The standard InChI is InChI=1S/C8H16O4/c1-5(2)7(9)11-12-8(10)6(3)4/h5-7,9H,1-4H3. The van der Waals surface area contributed by atoms with Crippen LogP contribution in [0.1, 0.15) is 27.7 Å². The summed E-state index contributed by atoms with van der Waals surface area (Å²) < 4.78 is 0. The van der Waals surface area contributed by atoms with E-state index < -0.39 is 12.3 Å². The van der Waals surface area contributed by atoms with Gasteiger partial charge in [-0.05, 0) is 0 Å². The molecule has 0 aliphatic heterocycles. The average molecular weight is 176 g/mol. The van der Waals surface area contributed by atoms with Crippen LogP contribution in [0.4, 0.5) is 0 Å². The lowest BCUT2D eigenvalue weighted by atomic mass is 10.2. The van der Waals surface area contributed by atoms with Crippen LogP contribution in [0.25, 0.3) is 0 Å². The van der Waals surface area contributed by atoms with Gasteiger partial charge in [-0.25, -0.2) is 4.79 Å². The SMILES string of the molecule is CC(C)C(=O)OOC(O)C(C)C. The number of carbonyl (C=O) groups is 1. The van der Waals surface area contributed by atoms with Crippen molar-refractivity contribution in [1.29, 1.82) is 0 Å². The van der Waals surface area contributed by atoms with E-state index in [-0.39, 0.29) is 11.8 Å². The zero-order chi connectivity index (χ0) is 9.72. The van der Waals surface area contributed by atoms with E-state index in [0.29, 0.717) is 0 Å². The number of aliphatic hydroxyl groups is 1. The molecule has 12 heavy (non-hydrogen) atoms. The Kier molecular flexibility index (Phi) is 4.85. The van der Waals surface area contributed by atoms with Crippen LogP contribution in [0.3, 0.4) is 0 Å². The summed E-state index contributed by atoms with van der Waals surface area (Å²) in [5.74, 6) is -0.816. The molecule has 0 fully saturated rings. The van der Waals surface area contributed by atoms with E-state index in [2.05, 4.69) is 9.78 Å². The number of aliphatic hydroxyl groups excluding tert-OH is 1. The Labute approximate surface area is 72.4 Å². The van der Waals surface area contributed by atoms with Crippen molar-refractivity contribution in [3.05, 3.63) is 0 Å². The molecule has 0 aromatic rings. The van der Waals surface area contributed by atoms with Crippen LogP contribution in [0.15, 0.2) is 0 Å². The molecule has 1 atom stereocenters. The molecule has 1 unspecified atom stereocenters. The first-order valence-corrected chi connectivity index (χ1v) is 4.00. The van der Waals surface area contributed by atoms with Crippen molar-refractivity contribution >= 4 is 5.97 Å². The van der Waals surface area contributed by atoms with Crippen molar-refractivity contribution in [3.8, 4) is 0 Å². The molecular weight excluding hydrogens is 160 g/mol. The van der Waals surface area contributed by atoms with Gasteiger partial charge >= 0.3 is 5.97 Å². The second-order valence-electron chi connectivity index (χ2n) is 3.29. The van der Waals surface area contributed by atoms with Gasteiger partial charge in [0.15, 0.2) is 0 Å². The summed E-state index contributed by atoms with van der Waals surface area (Å²) in [7, 11) is 0. The molecule has 0 amide bonds. The topological polar surface area (TPSA) is 55.8 Å². The fraction of sp³-hybridized carbons (Fsp3) is 0.875. The molecular formula is C8H16O4. The van der Waals surface area contributed by atoms with Gasteiger partial charge in [-0.3, -0.25) is 4.89 Å². The largest absolute Gasteiger partial charge is 0.365 e. The predicted octanol–water partition coefficient (Wildman–Crippen LogP) is 1.09. The Bertz CT molecular complexity index is 142. The van der Waals surface area contributed by atoms with Crippen molar-refractivity contribution in [2.24, 2.45) is 11.8 Å². The van der Waals surface area contributed by atoms with Crippen molar-refractivity contribution < 1.29 is 19.7 Å². The first-order valence-electron chi connectivity index (χ1n) is 4.00. The molecule has 0 heterocycles. The van der Waals surface area contributed by atoms with Crippen LogP contribution in [0.5, 0.6) is 0 Å². The third kappa shape index (κ3) is 4.31. The third-order valence-electron chi connectivity index (χ3n) is 1.27. The highest BCUT2D eigenvalue weighted by Crippen LogP contribution is 2.05. The highest BCUT2D eigenvalue weighted by atomic mass is 17.2. The van der Waals surface area contributed by atoms with Crippen molar-refractivity contribution in [2.75, 3.05) is 0 Å². The first-order chi connectivity index (χ1) is 5.45. The monoisotopic (exact) mass is 176 g/mol. The van der Waals surface area contributed by atoms with Gasteiger partial charge < -0.3 is 5.11 Å². The van der Waals surface area contributed by atoms with Gasteiger partial charge in [-0.2, -0.15) is 4.89 Å². The molecule has 0 spiro atoms. The van der Waals surface area contributed by atoms with Crippen LogP contribution in [0.2, 0.25) is 0 Å². The van der Waals surface area contributed by atoms with Gasteiger partial charge in [0.25, 0.3) is 0 Å². The van der Waals surface area contributed by atoms with E-state index in [4.69, 9.17) is 5.11 Å². The number of carbonyl (C=O) groups excluding carboxylic acids is 1. The van der Waals surface area contributed by atoms with Crippen molar-refractivity contribution in [3.63, 3.8) is 0 Å². The van der Waals surface area contributed by atoms with Crippen molar-refractivity contribution in [1.82, 2.24) is 0 Å². The van der Waals surface area contributed by atoms with Gasteiger partial charge in [-0.1, -0.05) is 27.7 Å². The number of rotatable bonds is 4. The minimum atomic E-state index is -1.05. The maximum Gasteiger partial charge on any atom is 0.344 e. The lowest BCUT2D eigenvalue weighted by molar-refractivity contribution is -0.353. The number of hydrogen-bond acceptors (Lipinski definition) is 4. The van der Waals surface area contributed by atoms with E-state index in [9.17, 15) is 4.79 Å². The highest BCUT2D eigenvalue weighted by molar-refractivity contribution is 5.70. The normalized spacial score (nSPS) is 13.6. The molecule has 0 aliphatic carbocycles. The fourth-order valence-corrected chi connectivity index (χ4v) is 0.304. The maximum absolute atomic E-state index is 10.8. The lowest BCUT2D eigenvalue weighted by Crippen LogP contribution is -2.22. The Morgan fingerprint density at radius 1 is 1.25 bits per heavy atom. The zero-order valence-electron chi connectivity index (χ0n) is 7.90. The number of hydrogen-bond donors (Lipinski definition) is 1. The second kappa shape index (κ2) is 5.11. The molecule has 0 bridgehead atoms. The van der Waals surface area contributed by atoms with E-state index in [1.165, 1.54) is 0 Å². The summed E-state index contributed by atoms with van der Waals surface area (Å²) in [4.78, 5) is 19.6. The Morgan fingerprint density at radius 3 is 2.08 bits per heavy atom.